The van der Waals surface area contributed by atoms with E-state index in [-0.39, 0.29) is 16.0 Å². The molecule has 0 heterocycles. The summed E-state index contributed by atoms with van der Waals surface area (Å²) in [6.45, 7) is 0. The number of hydrogen-bond acceptors (Lipinski definition) is 4. The Kier molecular flexibility index (Phi) is 2.87. The first kappa shape index (κ1) is 9.98. The fourth-order valence-electron chi connectivity index (χ4n) is 0.928. The second-order valence-corrected chi connectivity index (χ2v) is 3.09. The third-order valence-electron chi connectivity index (χ3n) is 1.57. The minimum absolute atomic E-state index is 0.260. The minimum atomic E-state index is -0.266. The molecule has 0 unspecified atom stereocenters. The summed E-state index contributed by atoms with van der Waals surface area (Å²) in [6.07, 6.45) is 0. The van der Waals surface area contributed by atoms with Crippen LogP contribution in [-0.2, 0) is 0 Å². The van der Waals surface area contributed by atoms with Crippen molar-refractivity contribution in [2.45, 2.75) is 0 Å². The molecule has 0 aliphatic carbocycles. The number of hydrogen-bond donors (Lipinski definition) is 2. The molecular weight excluding hydrogens is 240 g/mol. The first-order valence-electron chi connectivity index (χ1n) is 3.44. The molecule has 1 aromatic carbocycles. The van der Waals surface area contributed by atoms with Gasteiger partial charge < -0.3 is 19.7 Å². The van der Waals surface area contributed by atoms with E-state index in [1.54, 1.807) is 0 Å². The van der Waals surface area contributed by atoms with Crippen LogP contribution in [0.15, 0.2) is 10.5 Å². The molecule has 0 amide bonds. The minimum Gasteiger partial charge on any atom is -0.504 e. The van der Waals surface area contributed by atoms with Crippen molar-refractivity contribution in [2.24, 2.45) is 0 Å². The SMILES string of the molecule is COc1cc(O)c(O)c(Br)c1OC. The van der Waals surface area contributed by atoms with Crippen LogP contribution >= 0.6 is 15.9 Å². The van der Waals surface area contributed by atoms with Gasteiger partial charge >= 0.3 is 0 Å². The number of phenols is 2. The van der Waals surface area contributed by atoms with Crippen LogP contribution in [0.1, 0.15) is 0 Å². The predicted octanol–water partition coefficient (Wildman–Crippen LogP) is 1.88. The summed E-state index contributed by atoms with van der Waals surface area (Å²) in [5, 5.41) is 18.5. The van der Waals surface area contributed by atoms with Gasteiger partial charge in [0.25, 0.3) is 0 Å². The van der Waals surface area contributed by atoms with Crippen LogP contribution in [0.3, 0.4) is 0 Å². The maximum absolute atomic E-state index is 9.31. The number of benzene rings is 1. The molecule has 13 heavy (non-hydrogen) atoms. The Balaban J connectivity index is 3.39. The van der Waals surface area contributed by atoms with Gasteiger partial charge in [-0.25, -0.2) is 0 Å². The van der Waals surface area contributed by atoms with Crippen LogP contribution in [0.25, 0.3) is 0 Å². The van der Waals surface area contributed by atoms with E-state index in [2.05, 4.69) is 15.9 Å². The molecule has 0 aromatic heterocycles. The second-order valence-electron chi connectivity index (χ2n) is 2.29. The van der Waals surface area contributed by atoms with Gasteiger partial charge in [-0.05, 0) is 15.9 Å². The number of methoxy groups -OCH3 is 2. The highest BCUT2D eigenvalue weighted by atomic mass is 79.9. The number of ether oxygens (including phenoxy) is 2. The van der Waals surface area contributed by atoms with Crippen molar-refractivity contribution in [3.63, 3.8) is 0 Å². The molecular formula is C8H9BrO4. The van der Waals surface area contributed by atoms with Gasteiger partial charge in [0.05, 0.1) is 14.2 Å². The first-order valence-corrected chi connectivity index (χ1v) is 4.23. The Morgan fingerprint density at radius 2 is 1.85 bits per heavy atom. The molecule has 0 radical (unpaired) electrons. The molecule has 0 saturated carbocycles. The average Bonchev–Trinajstić information content (AvgIpc) is 2.13. The smallest absolute Gasteiger partial charge is 0.178 e. The summed E-state index contributed by atoms with van der Waals surface area (Å²) in [5.74, 6) is 0.171. The molecule has 0 bridgehead atoms. The van der Waals surface area contributed by atoms with E-state index in [1.807, 2.05) is 0 Å². The van der Waals surface area contributed by atoms with Crippen molar-refractivity contribution >= 4 is 15.9 Å². The fraction of sp³-hybridized carbons (Fsp3) is 0.250. The van der Waals surface area contributed by atoms with E-state index >= 15 is 0 Å². The summed E-state index contributed by atoms with van der Waals surface area (Å²) >= 11 is 3.07. The van der Waals surface area contributed by atoms with E-state index in [9.17, 15) is 10.2 Å². The molecule has 72 valence electrons. The van der Waals surface area contributed by atoms with Crippen LogP contribution < -0.4 is 9.47 Å². The Labute approximate surface area is 83.8 Å². The van der Waals surface area contributed by atoms with Gasteiger partial charge in [-0.15, -0.1) is 0 Å². The maximum Gasteiger partial charge on any atom is 0.178 e. The molecule has 0 atom stereocenters. The lowest BCUT2D eigenvalue weighted by Crippen LogP contribution is -1.91. The molecule has 0 aliphatic heterocycles. The third-order valence-corrected chi connectivity index (χ3v) is 2.30. The lowest BCUT2D eigenvalue weighted by molar-refractivity contribution is 0.339. The van der Waals surface area contributed by atoms with Crippen LogP contribution in [0.4, 0.5) is 0 Å². The largest absolute Gasteiger partial charge is 0.504 e. The van der Waals surface area contributed by atoms with Gasteiger partial charge in [0.15, 0.2) is 23.0 Å². The molecule has 0 spiro atoms. The summed E-state index contributed by atoms with van der Waals surface area (Å²) < 4.78 is 10.2. The topological polar surface area (TPSA) is 58.9 Å². The van der Waals surface area contributed by atoms with Crippen molar-refractivity contribution in [1.29, 1.82) is 0 Å². The first-order chi connectivity index (χ1) is 6.11. The van der Waals surface area contributed by atoms with Gasteiger partial charge in [-0.1, -0.05) is 0 Å². The fourth-order valence-corrected chi connectivity index (χ4v) is 1.49. The van der Waals surface area contributed by atoms with Crippen molar-refractivity contribution in [2.75, 3.05) is 14.2 Å². The molecule has 4 nitrogen and oxygen atoms in total. The van der Waals surface area contributed by atoms with Crippen molar-refractivity contribution in [3.05, 3.63) is 10.5 Å². The van der Waals surface area contributed by atoms with Gasteiger partial charge in [0.2, 0.25) is 0 Å². The van der Waals surface area contributed by atoms with Crippen molar-refractivity contribution in [1.82, 2.24) is 0 Å². The second kappa shape index (κ2) is 3.74. The number of halogens is 1. The summed E-state index contributed by atoms with van der Waals surface area (Å²) in [6, 6.07) is 1.28. The Hall–Kier alpha value is -1.10. The van der Waals surface area contributed by atoms with Crippen LogP contribution in [0.5, 0.6) is 23.0 Å². The number of phenolic OH excluding ortho intramolecular Hbond substituents is 2. The highest BCUT2D eigenvalue weighted by Crippen LogP contribution is 2.46. The summed E-state index contributed by atoms with van der Waals surface area (Å²) in [7, 11) is 2.89. The van der Waals surface area contributed by atoms with E-state index in [1.165, 1.54) is 20.3 Å². The van der Waals surface area contributed by atoms with Gasteiger partial charge in [0, 0.05) is 6.07 Å². The van der Waals surface area contributed by atoms with E-state index < -0.39 is 0 Å². The standard InChI is InChI=1S/C8H9BrO4/c1-12-5-3-4(10)7(11)6(9)8(5)13-2/h3,10-11H,1-2H3. The van der Waals surface area contributed by atoms with Crippen molar-refractivity contribution in [3.8, 4) is 23.0 Å². The highest BCUT2D eigenvalue weighted by Gasteiger charge is 2.16. The summed E-state index contributed by atoms with van der Waals surface area (Å²) in [4.78, 5) is 0. The zero-order valence-electron chi connectivity index (χ0n) is 7.17. The molecule has 5 heteroatoms. The normalized spacial score (nSPS) is 9.77. The molecule has 1 rings (SSSR count). The summed E-state index contributed by atoms with van der Waals surface area (Å²) in [5.41, 5.74) is 0. The van der Waals surface area contributed by atoms with Crippen LogP contribution in [0, 0.1) is 0 Å². The van der Waals surface area contributed by atoms with Gasteiger partial charge in [-0.2, -0.15) is 0 Å². The lowest BCUT2D eigenvalue weighted by Gasteiger charge is -2.11. The van der Waals surface area contributed by atoms with E-state index in [0.29, 0.717) is 11.5 Å². The average molecular weight is 249 g/mol. The van der Waals surface area contributed by atoms with Crippen molar-refractivity contribution < 1.29 is 19.7 Å². The monoisotopic (exact) mass is 248 g/mol. The van der Waals surface area contributed by atoms with E-state index in [0.717, 1.165) is 0 Å². The van der Waals surface area contributed by atoms with Crippen LogP contribution in [0.2, 0.25) is 0 Å². The highest BCUT2D eigenvalue weighted by molar-refractivity contribution is 9.10. The Morgan fingerprint density at radius 3 is 2.31 bits per heavy atom. The predicted molar refractivity (Wildman–Crippen MR) is 50.6 cm³/mol. The van der Waals surface area contributed by atoms with Crippen LogP contribution in [-0.4, -0.2) is 24.4 Å². The molecule has 2 N–H and O–H groups in total. The van der Waals surface area contributed by atoms with E-state index in [4.69, 9.17) is 9.47 Å². The maximum atomic E-state index is 9.31. The number of rotatable bonds is 2. The zero-order chi connectivity index (χ0) is 10.0. The Bertz CT molecular complexity index is 324. The zero-order valence-corrected chi connectivity index (χ0v) is 8.75. The number of aromatic hydroxyl groups is 2. The third kappa shape index (κ3) is 1.65. The molecule has 0 fully saturated rings. The Morgan fingerprint density at radius 1 is 1.23 bits per heavy atom. The van der Waals surface area contributed by atoms with Gasteiger partial charge in [0.1, 0.15) is 4.47 Å². The van der Waals surface area contributed by atoms with Gasteiger partial charge in [-0.3, -0.25) is 0 Å². The lowest BCUT2D eigenvalue weighted by atomic mass is 10.3. The molecule has 0 aliphatic rings. The quantitative estimate of drug-likeness (QED) is 0.785. The molecule has 1 aromatic rings. The molecule has 0 saturated heterocycles.